The van der Waals surface area contributed by atoms with Gasteiger partial charge in [-0.2, -0.15) is 0 Å². The molecule has 2 N–H and O–H groups in total. The van der Waals surface area contributed by atoms with Crippen molar-refractivity contribution in [3.63, 3.8) is 0 Å². The zero-order valence-corrected chi connectivity index (χ0v) is 20.0. The number of carbonyl (C=O) groups excluding carboxylic acids is 2. The van der Waals surface area contributed by atoms with E-state index in [4.69, 9.17) is 0 Å². The molecule has 7 nitrogen and oxygen atoms in total. The molecule has 178 valence electrons. The number of rotatable bonds is 8. The largest absolute Gasteiger partial charge is 0.343 e. The number of pyridine rings is 1. The Labute approximate surface area is 195 Å². The van der Waals surface area contributed by atoms with E-state index >= 15 is 0 Å². The smallest absolute Gasteiger partial charge is 0.245 e. The fourth-order valence-electron chi connectivity index (χ4n) is 4.10. The fraction of sp³-hybridized carbons (Fsp3) is 0.480. The summed E-state index contributed by atoms with van der Waals surface area (Å²) in [4.78, 5) is 34.2. The number of likely N-dealkylation sites (N-methyl/N-ethyl adjacent to an activating group) is 1. The predicted octanol–water partition coefficient (Wildman–Crippen LogP) is 3.40. The van der Waals surface area contributed by atoms with Crippen molar-refractivity contribution in [2.75, 3.05) is 25.5 Å². The van der Waals surface area contributed by atoms with Crippen LogP contribution in [0.2, 0.25) is 0 Å². The average Bonchev–Trinajstić information content (AvgIpc) is 3.31. The number of amides is 2. The van der Waals surface area contributed by atoms with Crippen molar-refractivity contribution in [2.45, 2.75) is 51.7 Å². The molecule has 8 heteroatoms. The van der Waals surface area contributed by atoms with Gasteiger partial charge in [-0.1, -0.05) is 13.8 Å². The van der Waals surface area contributed by atoms with Crippen LogP contribution in [0.3, 0.4) is 0 Å². The minimum Gasteiger partial charge on any atom is -0.343 e. The van der Waals surface area contributed by atoms with E-state index in [1.165, 1.54) is 12.1 Å². The van der Waals surface area contributed by atoms with Crippen LogP contribution in [0.1, 0.15) is 45.2 Å². The third-order valence-corrected chi connectivity index (χ3v) is 6.30. The summed E-state index contributed by atoms with van der Waals surface area (Å²) in [5.41, 5.74) is 1.82. The number of likely N-dealkylation sites (tertiary alicyclic amines) is 1. The Balaban J connectivity index is 1.81. The second-order valence-corrected chi connectivity index (χ2v) is 8.91. The monoisotopic (exact) mass is 455 g/mol. The highest BCUT2D eigenvalue weighted by atomic mass is 19.1. The van der Waals surface area contributed by atoms with Crippen LogP contribution in [0.5, 0.6) is 0 Å². The zero-order chi connectivity index (χ0) is 24.1. The Morgan fingerprint density at radius 1 is 1.18 bits per heavy atom. The minimum atomic E-state index is -0.586. The van der Waals surface area contributed by atoms with Crippen LogP contribution >= 0.6 is 0 Å². The lowest BCUT2D eigenvalue weighted by molar-refractivity contribution is -0.138. The molecule has 1 aliphatic rings. The van der Waals surface area contributed by atoms with Gasteiger partial charge in [0.25, 0.3) is 0 Å². The van der Waals surface area contributed by atoms with E-state index in [2.05, 4.69) is 15.6 Å². The van der Waals surface area contributed by atoms with Gasteiger partial charge in [-0.3, -0.25) is 9.59 Å². The normalized spacial score (nSPS) is 17.7. The molecule has 1 aliphatic heterocycles. The van der Waals surface area contributed by atoms with Gasteiger partial charge in [-0.05, 0) is 74.7 Å². The maximum atomic E-state index is 13.5. The standard InChI is InChI=1S/C25H34FN5O2/c1-16(2)23(29-24(32)17(3)27-4)25(33)31-14-6-7-21(31)18-12-13-28-22(15-18)30(5)20-10-8-19(26)9-11-20/h8-13,15-17,21,23,27H,6-7,14H2,1-5H3,(H,29,32). The number of nitrogens with one attached hydrogen (secondary N) is 2. The van der Waals surface area contributed by atoms with Crippen LogP contribution in [-0.4, -0.2) is 54.4 Å². The molecule has 0 spiro atoms. The number of hydrogen-bond donors (Lipinski definition) is 2. The molecular weight excluding hydrogens is 421 g/mol. The molecule has 2 heterocycles. The van der Waals surface area contributed by atoms with Gasteiger partial charge in [0, 0.05) is 25.5 Å². The molecule has 0 bridgehead atoms. The van der Waals surface area contributed by atoms with Crippen molar-refractivity contribution in [3.05, 3.63) is 54.0 Å². The Morgan fingerprint density at radius 3 is 2.52 bits per heavy atom. The summed E-state index contributed by atoms with van der Waals surface area (Å²) in [6.07, 6.45) is 3.48. The van der Waals surface area contributed by atoms with E-state index in [0.29, 0.717) is 6.54 Å². The number of halogens is 1. The Morgan fingerprint density at radius 2 is 1.88 bits per heavy atom. The molecule has 3 atom stereocenters. The topological polar surface area (TPSA) is 77.6 Å². The molecule has 0 saturated carbocycles. The van der Waals surface area contributed by atoms with E-state index in [-0.39, 0.29) is 35.6 Å². The molecule has 3 rings (SSSR count). The molecule has 33 heavy (non-hydrogen) atoms. The van der Waals surface area contributed by atoms with Gasteiger partial charge in [0.05, 0.1) is 12.1 Å². The van der Waals surface area contributed by atoms with Crippen LogP contribution in [-0.2, 0) is 9.59 Å². The molecule has 1 saturated heterocycles. The summed E-state index contributed by atoms with van der Waals surface area (Å²) in [6, 6.07) is 9.12. The Hall–Kier alpha value is -3.00. The number of carbonyl (C=O) groups is 2. The highest BCUT2D eigenvalue weighted by Crippen LogP contribution is 2.34. The van der Waals surface area contributed by atoms with Crippen molar-refractivity contribution in [1.82, 2.24) is 20.5 Å². The first-order valence-electron chi connectivity index (χ1n) is 11.5. The van der Waals surface area contributed by atoms with Gasteiger partial charge >= 0.3 is 0 Å². The van der Waals surface area contributed by atoms with E-state index in [0.717, 1.165) is 29.9 Å². The number of benzene rings is 1. The van der Waals surface area contributed by atoms with Crippen LogP contribution in [0, 0.1) is 11.7 Å². The summed E-state index contributed by atoms with van der Waals surface area (Å²) >= 11 is 0. The highest BCUT2D eigenvalue weighted by Gasteiger charge is 2.36. The molecule has 1 aromatic heterocycles. The number of hydrogen-bond acceptors (Lipinski definition) is 5. The van der Waals surface area contributed by atoms with Gasteiger partial charge in [0.15, 0.2) is 0 Å². The summed E-state index contributed by atoms with van der Waals surface area (Å²) in [5.74, 6) is 0.144. The first-order valence-corrected chi connectivity index (χ1v) is 11.5. The SMILES string of the molecule is CNC(C)C(=O)NC(C(=O)N1CCCC1c1ccnc(N(C)c2ccc(F)cc2)c1)C(C)C. The second-order valence-electron chi connectivity index (χ2n) is 8.91. The van der Waals surface area contributed by atoms with Crippen molar-refractivity contribution in [1.29, 1.82) is 0 Å². The maximum Gasteiger partial charge on any atom is 0.245 e. The van der Waals surface area contributed by atoms with Gasteiger partial charge < -0.3 is 20.4 Å². The molecule has 3 unspecified atom stereocenters. The summed E-state index contributed by atoms with van der Waals surface area (Å²) < 4.78 is 13.3. The number of aromatic nitrogens is 1. The van der Waals surface area contributed by atoms with Gasteiger partial charge in [-0.25, -0.2) is 9.37 Å². The van der Waals surface area contributed by atoms with Gasteiger partial charge in [-0.15, -0.1) is 0 Å². The summed E-state index contributed by atoms with van der Waals surface area (Å²) in [6.45, 7) is 6.31. The summed E-state index contributed by atoms with van der Waals surface area (Å²) in [7, 11) is 3.60. The average molecular weight is 456 g/mol. The number of nitrogens with zero attached hydrogens (tertiary/aromatic N) is 3. The summed E-state index contributed by atoms with van der Waals surface area (Å²) in [5, 5.41) is 5.84. The Kier molecular flexibility index (Phi) is 8.02. The molecule has 1 fully saturated rings. The molecule has 1 aromatic carbocycles. The molecule has 0 aliphatic carbocycles. The second kappa shape index (κ2) is 10.7. The van der Waals surface area contributed by atoms with Gasteiger partial charge in [0.1, 0.15) is 17.7 Å². The zero-order valence-electron chi connectivity index (χ0n) is 20.0. The third kappa shape index (κ3) is 5.68. The lowest BCUT2D eigenvalue weighted by Crippen LogP contribution is -2.54. The first kappa shape index (κ1) is 24.6. The van der Waals surface area contributed by atoms with Crippen LogP contribution < -0.4 is 15.5 Å². The maximum absolute atomic E-state index is 13.5. The van der Waals surface area contributed by atoms with E-state index in [9.17, 15) is 14.0 Å². The van der Waals surface area contributed by atoms with Crippen molar-refractivity contribution < 1.29 is 14.0 Å². The quantitative estimate of drug-likeness (QED) is 0.638. The Bertz CT molecular complexity index is 966. The predicted molar refractivity (Wildman–Crippen MR) is 128 cm³/mol. The van der Waals surface area contributed by atoms with Crippen LogP contribution in [0.4, 0.5) is 15.9 Å². The molecule has 2 aromatic rings. The molecule has 2 amide bonds. The lowest BCUT2D eigenvalue weighted by Gasteiger charge is -2.32. The van der Waals surface area contributed by atoms with E-state index in [1.54, 1.807) is 32.3 Å². The van der Waals surface area contributed by atoms with E-state index in [1.807, 2.05) is 42.8 Å². The van der Waals surface area contributed by atoms with Crippen molar-refractivity contribution >= 4 is 23.3 Å². The van der Waals surface area contributed by atoms with Crippen molar-refractivity contribution in [3.8, 4) is 0 Å². The third-order valence-electron chi connectivity index (χ3n) is 6.30. The lowest BCUT2D eigenvalue weighted by atomic mass is 10.00. The highest BCUT2D eigenvalue weighted by molar-refractivity contribution is 5.90. The van der Waals surface area contributed by atoms with Crippen LogP contribution in [0.15, 0.2) is 42.6 Å². The van der Waals surface area contributed by atoms with E-state index < -0.39 is 6.04 Å². The van der Waals surface area contributed by atoms with Crippen LogP contribution in [0.25, 0.3) is 0 Å². The minimum absolute atomic E-state index is 0.0376. The number of anilines is 2. The fourth-order valence-corrected chi connectivity index (χ4v) is 4.10. The first-order chi connectivity index (χ1) is 15.7. The van der Waals surface area contributed by atoms with Gasteiger partial charge in [0.2, 0.25) is 11.8 Å². The van der Waals surface area contributed by atoms with Crippen molar-refractivity contribution in [2.24, 2.45) is 5.92 Å². The molecular formula is C25H34FN5O2. The molecule has 0 radical (unpaired) electrons.